The lowest BCUT2D eigenvalue weighted by Crippen LogP contribution is -2.18. The number of aromatic nitrogens is 2. The molecule has 2 aromatic heterocycles. The van der Waals surface area contributed by atoms with Crippen molar-refractivity contribution in [2.24, 2.45) is 5.10 Å². The fourth-order valence-corrected chi connectivity index (χ4v) is 3.88. The third-order valence-electron chi connectivity index (χ3n) is 4.90. The highest BCUT2D eigenvalue weighted by Gasteiger charge is 2.15. The van der Waals surface area contributed by atoms with Crippen LogP contribution in [-0.4, -0.2) is 21.9 Å². The van der Waals surface area contributed by atoms with Gasteiger partial charge in [0.05, 0.1) is 16.8 Å². The lowest BCUT2D eigenvalue weighted by atomic mass is 9.87. The molecule has 4 rings (SSSR count). The average molecular weight is 429 g/mol. The third-order valence-corrected chi connectivity index (χ3v) is 5.78. The van der Waals surface area contributed by atoms with Crippen molar-refractivity contribution < 1.29 is 4.79 Å². The van der Waals surface area contributed by atoms with Crippen LogP contribution in [0.25, 0.3) is 16.3 Å². The van der Waals surface area contributed by atoms with Gasteiger partial charge in [0, 0.05) is 17.3 Å². The highest BCUT2D eigenvalue weighted by molar-refractivity contribution is 7.13. The molecule has 0 atom stereocenters. The first kappa shape index (κ1) is 20.8. The van der Waals surface area contributed by atoms with Crippen molar-refractivity contribution in [2.45, 2.75) is 26.2 Å². The van der Waals surface area contributed by atoms with Crippen molar-refractivity contribution in [1.29, 1.82) is 0 Å². The Kier molecular flexibility index (Phi) is 5.82. The lowest BCUT2D eigenvalue weighted by Gasteiger charge is -2.18. The number of amides is 1. The molecule has 1 N–H and O–H groups in total. The zero-order valence-electron chi connectivity index (χ0n) is 17.7. The quantitative estimate of drug-likeness (QED) is 0.329. The summed E-state index contributed by atoms with van der Waals surface area (Å²) in [6.07, 6.45) is 3.56. The van der Waals surface area contributed by atoms with Crippen molar-refractivity contribution in [1.82, 2.24) is 15.2 Å². The van der Waals surface area contributed by atoms with Gasteiger partial charge in [-0.25, -0.2) is 10.1 Å². The smallest absolute Gasteiger partial charge is 0.267 e. The van der Waals surface area contributed by atoms with E-state index in [0.717, 1.165) is 21.8 Å². The Morgan fingerprint density at radius 1 is 1.03 bits per heavy atom. The van der Waals surface area contributed by atoms with Crippen LogP contribution in [0.3, 0.4) is 0 Å². The predicted octanol–water partition coefficient (Wildman–Crippen LogP) is 5.66. The van der Waals surface area contributed by atoms with Gasteiger partial charge in [0.2, 0.25) is 0 Å². The zero-order valence-corrected chi connectivity index (χ0v) is 18.6. The second kappa shape index (κ2) is 8.70. The molecule has 0 aliphatic heterocycles. The fourth-order valence-electron chi connectivity index (χ4n) is 3.15. The number of carbonyl (C=O) groups is 1. The summed E-state index contributed by atoms with van der Waals surface area (Å²) in [6, 6.07) is 21.5. The summed E-state index contributed by atoms with van der Waals surface area (Å²) in [5.41, 5.74) is 7.04. The molecule has 6 heteroatoms. The number of hydrogen-bond acceptors (Lipinski definition) is 4. The van der Waals surface area contributed by atoms with Gasteiger partial charge in [0.25, 0.3) is 5.91 Å². The molecule has 0 aliphatic rings. The molecule has 0 saturated heterocycles. The Labute approximate surface area is 186 Å². The molecule has 2 aromatic carbocycles. The average Bonchev–Trinajstić information content (AvgIpc) is 3.44. The van der Waals surface area contributed by atoms with Gasteiger partial charge < -0.3 is 0 Å². The van der Waals surface area contributed by atoms with Crippen LogP contribution >= 0.6 is 11.3 Å². The highest BCUT2D eigenvalue weighted by Crippen LogP contribution is 2.27. The molecule has 0 spiro atoms. The van der Waals surface area contributed by atoms with Gasteiger partial charge in [0.1, 0.15) is 5.69 Å². The van der Waals surface area contributed by atoms with Crippen molar-refractivity contribution in [3.63, 3.8) is 0 Å². The van der Waals surface area contributed by atoms with Crippen molar-refractivity contribution in [3.05, 3.63) is 95.0 Å². The first-order chi connectivity index (χ1) is 14.9. The molecule has 0 bridgehead atoms. The van der Waals surface area contributed by atoms with Gasteiger partial charge in [-0.15, -0.1) is 11.3 Å². The lowest BCUT2D eigenvalue weighted by molar-refractivity contribution is 0.0955. The minimum atomic E-state index is -0.246. The Bertz CT molecular complexity index is 1180. The summed E-state index contributed by atoms with van der Waals surface area (Å²) < 4.78 is 1.82. The van der Waals surface area contributed by atoms with E-state index in [9.17, 15) is 4.79 Å². The van der Waals surface area contributed by atoms with E-state index in [1.807, 2.05) is 83.0 Å². The number of benzene rings is 2. The standard InChI is InChI=1S/C25H24N4OS/c1-25(2,3)20-13-11-18(12-14-20)24(30)27-26-16-19-17-29(21-8-5-4-6-9-21)28-23(19)22-10-7-15-31-22/h4-17H,1-3H3,(H,27,30). The van der Waals surface area contributed by atoms with Gasteiger partial charge in [-0.3, -0.25) is 4.79 Å². The van der Waals surface area contributed by atoms with Crippen LogP contribution in [-0.2, 0) is 5.41 Å². The first-order valence-electron chi connectivity index (χ1n) is 10.0. The van der Waals surface area contributed by atoms with E-state index in [0.29, 0.717) is 5.56 Å². The Hall–Kier alpha value is -3.51. The molecule has 4 aromatic rings. The number of rotatable bonds is 5. The monoisotopic (exact) mass is 428 g/mol. The second-order valence-electron chi connectivity index (χ2n) is 8.22. The van der Waals surface area contributed by atoms with Gasteiger partial charge in [-0.05, 0) is 46.7 Å². The van der Waals surface area contributed by atoms with Gasteiger partial charge >= 0.3 is 0 Å². The Morgan fingerprint density at radius 3 is 2.42 bits per heavy atom. The number of nitrogens with zero attached hydrogens (tertiary/aromatic N) is 3. The third kappa shape index (κ3) is 4.81. The minimum Gasteiger partial charge on any atom is -0.267 e. The maximum atomic E-state index is 12.5. The molecule has 0 saturated carbocycles. The normalized spacial score (nSPS) is 11.7. The molecular formula is C25H24N4OS. The van der Waals surface area contributed by atoms with E-state index in [-0.39, 0.29) is 11.3 Å². The van der Waals surface area contributed by atoms with E-state index in [2.05, 4.69) is 31.3 Å². The van der Waals surface area contributed by atoms with Gasteiger partial charge in [-0.1, -0.05) is 57.2 Å². The summed E-state index contributed by atoms with van der Waals surface area (Å²) in [6.45, 7) is 6.44. The summed E-state index contributed by atoms with van der Waals surface area (Å²) in [4.78, 5) is 13.5. The van der Waals surface area contributed by atoms with Gasteiger partial charge in [0.15, 0.2) is 0 Å². The Balaban J connectivity index is 1.54. The van der Waals surface area contributed by atoms with Gasteiger partial charge in [-0.2, -0.15) is 10.2 Å². The molecule has 0 aliphatic carbocycles. The largest absolute Gasteiger partial charge is 0.271 e. The van der Waals surface area contributed by atoms with Crippen molar-refractivity contribution >= 4 is 23.5 Å². The first-order valence-corrected chi connectivity index (χ1v) is 10.9. The van der Waals surface area contributed by atoms with Crippen LogP contribution in [0.5, 0.6) is 0 Å². The molecule has 5 nitrogen and oxygen atoms in total. The molecule has 2 heterocycles. The summed E-state index contributed by atoms with van der Waals surface area (Å²) >= 11 is 1.61. The zero-order chi connectivity index (χ0) is 21.8. The van der Waals surface area contributed by atoms with Crippen molar-refractivity contribution in [3.8, 4) is 16.3 Å². The van der Waals surface area contributed by atoms with E-state index in [1.54, 1.807) is 17.6 Å². The SMILES string of the molecule is CC(C)(C)c1ccc(C(=O)NN=Cc2cn(-c3ccccc3)nc2-c2cccs2)cc1. The van der Waals surface area contributed by atoms with Crippen LogP contribution in [0.1, 0.15) is 42.3 Å². The summed E-state index contributed by atoms with van der Waals surface area (Å²) in [7, 11) is 0. The van der Waals surface area contributed by atoms with E-state index in [4.69, 9.17) is 5.10 Å². The maximum Gasteiger partial charge on any atom is 0.271 e. The number of nitrogens with one attached hydrogen (secondary N) is 1. The van der Waals surface area contributed by atoms with Crippen LogP contribution in [0.15, 0.2) is 83.4 Å². The van der Waals surface area contributed by atoms with Crippen molar-refractivity contribution in [2.75, 3.05) is 0 Å². The molecular weight excluding hydrogens is 404 g/mol. The Morgan fingerprint density at radius 2 is 1.77 bits per heavy atom. The molecule has 156 valence electrons. The van der Waals surface area contributed by atoms with Crippen LogP contribution < -0.4 is 5.43 Å². The number of hydrazone groups is 1. The number of para-hydroxylation sites is 1. The van der Waals surface area contributed by atoms with Crippen LogP contribution in [0.2, 0.25) is 0 Å². The second-order valence-corrected chi connectivity index (χ2v) is 9.16. The van der Waals surface area contributed by atoms with Crippen LogP contribution in [0, 0.1) is 0 Å². The molecule has 0 fully saturated rings. The summed E-state index contributed by atoms with van der Waals surface area (Å²) in [5.74, 6) is -0.246. The number of hydrogen-bond donors (Lipinski definition) is 1. The summed E-state index contributed by atoms with van der Waals surface area (Å²) in [5, 5.41) is 10.9. The molecule has 1 amide bonds. The topological polar surface area (TPSA) is 59.3 Å². The van der Waals surface area contributed by atoms with E-state index in [1.165, 1.54) is 5.56 Å². The molecule has 31 heavy (non-hydrogen) atoms. The molecule has 0 radical (unpaired) electrons. The number of carbonyl (C=O) groups excluding carboxylic acids is 1. The number of thiophene rings is 1. The highest BCUT2D eigenvalue weighted by atomic mass is 32.1. The maximum absolute atomic E-state index is 12.5. The molecule has 0 unspecified atom stereocenters. The fraction of sp³-hybridized carbons (Fsp3) is 0.160. The minimum absolute atomic E-state index is 0.0459. The van der Waals surface area contributed by atoms with E-state index < -0.39 is 0 Å². The van der Waals surface area contributed by atoms with Crippen LogP contribution in [0.4, 0.5) is 0 Å². The predicted molar refractivity (Wildman–Crippen MR) is 127 cm³/mol. The van der Waals surface area contributed by atoms with E-state index >= 15 is 0 Å².